The van der Waals surface area contributed by atoms with Gasteiger partial charge >= 0.3 is 6.03 Å². The van der Waals surface area contributed by atoms with Gasteiger partial charge in [0.2, 0.25) is 11.8 Å². The number of amides is 4. The van der Waals surface area contributed by atoms with E-state index in [4.69, 9.17) is 4.74 Å². The van der Waals surface area contributed by atoms with Crippen molar-refractivity contribution in [1.82, 2.24) is 5.32 Å². The summed E-state index contributed by atoms with van der Waals surface area (Å²) in [6.07, 6.45) is 6.62. The van der Waals surface area contributed by atoms with Crippen LogP contribution in [0.2, 0.25) is 0 Å². The highest BCUT2D eigenvalue weighted by molar-refractivity contribution is 6.15. The summed E-state index contributed by atoms with van der Waals surface area (Å²) in [7, 11) is 0. The Kier molecular flexibility index (Phi) is 7.67. The van der Waals surface area contributed by atoms with Crippen LogP contribution in [0.1, 0.15) is 45.4 Å². The van der Waals surface area contributed by atoms with Gasteiger partial charge in [-0.15, -0.1) is 0 Å². The molecule has 0 unspecified atom stereocenters. The maximum Gasteiger partial charge on any atom is 0.326 e. The summed E-state index contributed by atoms with van der Waals surface area (Å²) in [5.74, 6) is 0.260. The van der Waals surface area contributed by atoms with E-state index >= 15 is 0 Å². The molecule has 8 heteroatoms. The molecule has 1 fully saturated rings. The Hall–Kier alpha value is -3.55. The Morgan fingerprint density at radius 3 is 2.32 bits per heavy atom. The lowest BCUT2D eigenvalue weighted by atomic mass is 10.1. The fourth-order valence-corrected chi connectivity index (χ4v) is 4.55. The molecule has 4 amide bonds. The van der Waals surface area contributed by atoms with Crippen LogP contribution in [-0.2, 0) is 9.59 Å². The first kappa shape index (κ1) is 23.6. The first-order valence-electron chi connectivity index (χ1n) is 12.1. The Labute approximate surface area is 200 Å². The first-order chi connectivity index (χ1) is 16.5. The van der Waals surface area contributed by atoms with Crippen LogP contribution in [-0.4, -0.2) is 43.6 Å². The number of hydrogen-bond donors (Lipinski definition) is 2. The standard InChI is InChI=1S/C26H32N4O4/c1-2-34-21-15-13-20(14-16-21)28-26(33)30-18-25(32)29(22-11-7-8-12-23(22)30)17-24(31)27-19-9-5-3-4-6-10-19/h7-8,11-16,19H,2-6,9-10,17-18H2,1H3,(H,27,31)(H,28,33). The number of urea groups is 1. The van der Waals surface area contributed by atoms with Crippen LogP contribution in [0.15, 0.2) is 48.5 Å². The predicted octanol–water partition coefficient (Wildman–Crippen LogP) is 4.31. The van der Waals surface area contributed by atoms with Crippen molar-refractivity contribution < 1.29 is 19.1 Å². The summed E-state index contributed by atoms with van der Waals surface area (Å²) in [5, 5.41) is 5.94. The predicted molar refractivity (Wildman–Crippen MR) is 132 cm³/mol. The molecule has 1 aliphatic carbocycles. The quantitative estimate of drug-likeness (QED) is 0.624. The second-order valence-electron chi connectivity index (χ2n) is 8.70. The highest BCUT2D eigenvalue weighted by Crippen LogP contribution is 2.33. The molecule has 1 saturated carbocycles. The van der Waals surface area contributed by atoms with Gasteiger partial charge in [-0.2, -0.15) is 0 Å². The third-order valence-corrected chi connectivity index (χ3v) is 6.24. The van der Waals surface area contributed by atoms with Crippen LogP contribution in [0, 0.1) is 0 Å². The molecule has 0 radical (unpaired) electrons. The maximum atomic E-state index is 13.0. The van der Waals surface area contributed by atoms with E-state index in [1.54, 1.807) is 42.5 Å². The van der Waals surface area contributed by atoms with Crippen LogP contribution in [0.5, 0.6) is 5.75 Å². The van der Waals surface area contributed by atoms with Crippen molar-refractivity contribution in [3.8, 4) is 5.75 Å². The third-order valence-electron chi connectivity index (χ3n) is 6.24. The fourth-order valence-electron chi connectivity index (χ4n) is 4.55. The minimum absolute atomic E-state index is 0.0549. The zero-order chi connectivity index (χ0) is 23.9. The maximum absolute atomic E-state index is 13.0. The van der Waals surface area contributed by atoms with Crippen molar-refractivity contribution in [3.63, 3.8) is 0 Å². The summed E-state index contributed by atoms with van der Waals surface area (Å²) in [6, 6.07) is 14.0. The molecule has 0 saturated heterocycles. The topological polar surface area (TPSA) is 91.0 Å². The smallest absolute Gasteiger partial charge is 0.326 e. The lowest BCUT2D eigenvalue weighted by molar-refractivity contribution is -0.123. The summed E-state index contributed by atoms with van der Waals surface area (Å²) in [5.41, 5.74) is 1.74. The number of benzene rings is 2. The summed E-state index contributed by atoms with van der Waals surface area (Å²) in [4.78, 5) is 41.7. The Balaban J connectivity index is 1.45. The van der Waals surface area contributed by atoms with Gasteiger partial charge in [-0.25, -0.2) is 4.79 Å². The molecule has 2 aromatic carbocycles. The van der Waals surface area contributed by atoms with Gasteiger partial charge in [0, 0.05) is 11.7 Å². The average molecular weight is 465 g/mol. The van der Waals surface area contributed by atoms with Crippen LogP contribution in [0.4, 0.5) is 21.9 Å². The molecule has 4 rings (SSSR count). The third kappa shape index (κ3) is 5.68. The van der Waals surface area contributed by atoms with Gasteiger partial charge in [0.25, 0.3) is 0 Å². The van der Waals surface area contributed by atoms with E-state index in [0.717, 1.165) is 31.4 Å². The molecule has 2 aromatic rings. The highest BCUT2D eigenvalue weighted by atomic mass is 16.5. The van der Waals surface area contributed by atoms with Crippen molar-refractivity contribution >= 4 is 34.9 Å². The molecule has 8 nitrogen and oxygen atoms in total. The monoisotopic (exact) mass is 464 g/mol. The van der Waals surface area contributed by atoms with Gasteiger partial charge in [0.05, 0.1) is 18.0 Å². The van der Waals surface area contributed by atoms with E-state index in [2.05, 4.69) is 10.6 Å². The van der Waals surface area contributed by atoms with Crippen molar-refractivity contribution in [2.75, 3.05) is 34.8 Å². The zero-order valence-corrected chi connectivity index (χ0v) is 19.6. The molecule has 0 aromatic heterocycles. The van der Waals surface area contributed by atoms with Crippen molar-refractivity contribution in [3.05, 3.63) is 48.5 Å². The van der Waals surface area contributed by atoms with E-state index < -0.39 is 6.03 Å². The average Bonchev–Trinajstić information content (AvgIpc) is 3.10. The number of rotatable bonds is 6. The lowest BCUT2D eigenvalue weighted by Crippen LogP contribution is -2.52. The van der Waals surface area contributed by atoms with Crippen molar-refractivity contribution in [2.24, 2.45) is 0 Å². The van der Waals surface area contributed by atoms with Crippen LogP contribution in [0.3, 0.4) is 0 Å². The van der Waals surface area contributed by atoms with Gasteiger partial charge in [0.15, 0.2) is 0 Å². The minimum atomic E-state index is -0.410. The fraction of sp³-hybridized carbons (Fsp3) is 0.423. The number of nitrogens with one attached hydrogen (secondary N) is 2. The van der Waals surface area contributed by atoms with E-state index in [1.165, 1.54) is 22.6 Å². The summed E-state index contributed by atoms with van der Waals surface area (Å²) >= 11 is 0. The number of hydrogen-bond acceptors (Lipinski definition) is 4. The molecule has 34 heavy (non-hydrogen) atoms. The molecule has 0 bridgehead atoms. The Morgan fingerprint density at radius 2 is 1.65 bits per heavy atom. The molecule has 0 atom stereocenters. The molecular weight excluding hydrogens is 432 g/mol. The second kappa shape index (κ2) is 11.0. The molecule has 0 spiro atoms. The molecular formula is C26H32N4O4. The number of carbonyl (C=O) groups excluding carboxylic acids is 3. The van der Waals surface area contributed by atoms with E-state index in [0.29, 0.717) is 23.7 Å². The normalized spacial score (nSPS) is 16.4. The Bertz CT molecular complexity index is 1020. The van der Waals surface area contributed by atoms with Gasteiger partial charge in [-0.3, -0.25) is 19.4 Å². The number of anilines is 3. The van der Waals surface area contributed by atoms with Crippen LogP contribution < -0.4 is 25.2 Å². The molecule has 2 N–H and O–H groups in total. The van der Waals surface area contributed by atoms with Gasteiger partial charge in [0.1, 0.15) is 18.8 Å². The number of nitrogens with zero attached hydrogens (tertiary/aromatic N) is 2. The first-order valence-corrected chi connectivity index (χ1v) is 12.1. The number of para-hydroxylation sites is 2. The molecule has 180 valence electrons. The van der Waals surface area contributed by atoms with Crippen LogP contribution in [0.25, 0.3) is 0 Å². The van der Waals surface area contributed by atoms with Crippen LogP contribution >= 0.6 is 0 Å². The SMILES string of the molecule is CCOc1ccc(NC(=O)N2CC(=O)N(CC(=O)NC3CCCCCC3)c3ccccc32)cc1. The number of carbonyl (C=O) groups is 3. The lowest BCUT2D eigenvalue weighted by Gasteiger charge is -2.36. The van der Waals surface area contributed by atoms with E-state index in [9.17, 15) is 14.4 Å². The van der Waals surface area contributed by atoms with Crippen molar-refractivity contribution in [2.45, 2.75) is 51.5 Å². The van der Waals surface area contributed by atoms with Gasteiger partial charge < -0.3 is 15.4 Å². The van der Waals surface area contributed by atoms with Gasteiger partial charge in [-0.05, 0) is 56.2 Å². The minimum Gasteiger partial charge on any atom is -0.494 e. The number of fused-ring (bicyclic) bond motifs is 1. The molecule has 2 aliphatic rings. The van der Waals surface area contributed by atoms with E-state index in [1.807, 2.05) is 13.0 Å². The zero-order valence-electron chi connectivity index (χ0n) is 19.6. The Morgan fingerprint density at radius 1 is 0.971 bits per heavy atom. The highest BCUT2D eigenvalue weighted by Gasteiger charge is 2.33. The summed E-state index contributed by atoms with van der Waals surface area (Å²) in [6.45, 7) is 2.27. The summed E-state index contributed by atoms with van der Waals surface area (Å²) < 4.78 is 5.43. The van der Waals surface area contributed by atoms with E-state index in [-0.39, 0.29) is 30.9 Å². The largest absolute Gasteiger partial charge is 0.494 e. The number of ether oxygens (including phenoxy) is 1. The van der Waals surface area contributed by atoms with Crippen molar-refractivity contribution in [1.29, 1.82) is 0 Å². The van der Waals surface area contributed by atoms with Gasteiger partial charge in [-0.1, -0.05) is 37.8 Å². The second-order valence-corrected chi connectivity index (χ2v) is 8.70. The molecule has 1 heterocycles. The molecule has 1 aliphatic heterocycles.